The lowest BCUT2D eigenvalue weighted by atomic mass is 9.67. The number of carbonyl (C=O) groups is 1. The third-order valence-corrected chi connectivity index (χ3v) is 6.41. The van der Waals surface area contributed by atoms with Crippen LogP contribution in [0.4, 0.5) is 4.79 Å². The van der Waals surface area contributed by atoms with E-state index in [9.17, 15) is 4.79 Å². The highest BCUT2D eigenvalue weighted by atomic mass is 16.6. The van der Waals surface area contributed by atoms with Crippen LogP contribution in [0.3, 0.4) is 0 Å². The Kier molecular flexibility index (Phi) is 5.72. The Hall–Kier alpha value is -2.21. The molecule has 158 valence electrons. The van der Waals surface area contributed by atoms with Gasteiger partial charge in [0.2, 0.25) is 0 Å². The molecule has 1 aliphatic carbocycles. The summed E-state index contributed by atoms with van der Waals surface area (Å²) < 4.78 is 17.8. The van der Waals surface area contributed by atoms with Crippen LogP contribution < -0.4 is 14.8 Å². The first-order valence-electron chi connectivity index (χ1n) is 10.8. The highest BCUT2D eigenvalue weighted by molar-refractivity contribution is 5.67. The van der Waals surface area contributed by atoms with Gasteiger partial charge in [0.1, 0.15) is 12.2 Å². The number of nitrogens with one attached hydrogen (secondary N) is 1. The Labute approximate surface area is 173 Å². The number of carbonyl (C=O) groups excluding carboxylic acids is 1. The first kappa shape index (κ1) is 20.1. The zero-order valence-corrected chi connectivity index (χ0v) is 17.7. The van der Waals surface area contributed by atoms with E-state index in [0.717, 1.165) is 50.3 Å². The molecule has 0 saturated carbocycles. The van der Waals surface area contributed by atoms with Crippen LogP contribution in [0.2, 0.25) is 0 Å². The standard InChI is InChI=1S/C23H32N2O4/c1-4-5-12-24-22(26)28-17-9-11-23-10-6-13-25(2)15-16-7-8-18(27-3)21(20(16)23)29-19(23)14-17/h7-9,11,17,19H,4-6,10,12-15H2,1-3H3,(H,24,26)/t17-,19-,23+/m0/s1. The van der Waals surface area contributed by atoms with E-state index in [1.54, 1.807) is 7.11 Å². The van der Waals surface area contributed by atoms with Gasteiger partial charge in [-0.25, -0.2) is 4.79 Å². The van der Waals surface area contributed by atoms with Gasteiger partial charge in [0.25, 0.3) is 0 Å². The van der Waals surface area contributed by atoms with Gasteiger partial charge in [-0.1, -0.05) is 25.5 Å². The van der Waals surface area contributed by atoms with E-state index in [4.69, 9.17) is 14.2 Å². The molecule has 6 nitrogen and oxygen atoms in total. The fourth-order valence-electron chi connectivity index (χ4n) is 4.96. The van der Waals surface area contributed by atoms with E-state index >= 15 is 0 Å². The van der Waals surface area contributed by atoms with Crippen molar-refractivity contribution in [3.05, 3.63) is 35.4 Å². The topological polar surface area (TPSA) is 60.0 Å². The number of methoxy groups -OCH3 is 1. The van der Waals surface area contributed by atoms with Crippen LogP contribution in [-0.2, 0) is 16.7 Å². The summed E-state index contributed by atoms with van der Waals surface area (Å²) in [5.74, 6) is 1.65. The summed E-state index contributed by atoms with van der Waals surface area (Å²) in [5.41, 5.74) is 2.39. The minimum Gasteiger partial charge on any atom is -0.493 e. The Morgan fingerprint density at radius 3 is 3.07 bits per heavy atom. The lowest BCUT2D eigenvalue weighted by Gasteiger charge is -2.39. The van der Waals surface area contributed by atoms with E-state index in [0.29, 0.717) is 13.0 Å². The predicted octanol–water partition coefficient (Wildman–Crippen LogP) is 3.77. The molecular weight excluding hydrogens is 368 g/mol. The van der Waals surface area contributed by atoms with Gasteiger partial charge < -0.3 is 24.4 Å². The Balaban J connectivity index is 1.61. The Bertz CT molecular complexity index is 793. The summed E-state index contributed by atoms with van der Waals surface area (Å²) in [5, 5.41) is 2.83. The molecule has 1 aromatic carbocycles. The number of alkyl carbamates (subject to hydrolysis) is 1. The van der Waals surface area contributed by atoms with Crippen LogP contribution in [0.25, 0.3) is 0 Å². The van der Waals surface area contributed by atoms with Crippen LogP contribution in [0.5, 0.6) is 11.5 Å². The van der Waals surface area contributed by atoms with Gasteiger partial charge >= 0.3 is 6.09 Å². The number of nitrogens with zero attached hydrogens (tertiary/aromatic N) is 1. The summed E-state index contributed by atoms with van der Waals surface area (Å²) in [6, 6.07) is 4.18. The smallest absolute Gasteiger partial charge is 0.407 e. The van der Waals surface area contributed by atoms with Gasteiger partial charge in [0, 0.05) is 25.1 Å². The summed E-state index contributed by atoms with van der Waals surface area (Å²) in [6.45, 7) is 4.70. The second-order valence-corrected chi connectivity index (χ2v) is 8.44. The van der Waals surface area contributed by atoms with Gasteiger partial charge in [-0.15, -0.1) is 0 Å². The van der Waals surface area contributed by atoms with E-state index in [-0.39, 0.29) is 23.7 Å². The molecule has 3 aliphatic rings. The second kappa shape index (κ2) is 8.27. The lowest BCUT2D eigenvalue weighted by molar-refractivity contribution is 0.0602. The number of hydrogen-bond acceptors (Lipinski definition) is 5. The van der Waals surface area contributed by atoms with Crippen LogP contribution >= 0.6 is 0 Å². The van der Waals surface area contributed by atoms with Crippen molar-refractivity contribution in [1.29, 1.82) is 0 Å². The lowest BCUT2D eigenvalue weighted by Crippen LogP contribution is -2.45. The van der Waals surface area contributed by atoms with E-state index in [1.807, 2.05) is 6.07 Å². The molecule has 6 heteroatoms. The maximum atomic E-state index is 12.1. The van der Waals surface area contributed by atoms with Gasteiger partial charge in [-0.3, -0.25) is 0 Å². The van der Waals surface area contributed by atoms with Gasteiger partial charge in [-0.2, -0.15) is 0 Å². The molecule has 2 heterocycles. The summed E-state index contributed by atoms with van der Waals surface area (Å²) >= 11 is 0. The van der Waals surface area contributed by atoms with Crippen LogP contribution in [0.1, 0.15) is 50.2 Å². The van der Waals surface area contributed by atoms with Gasteiger partial charge in [0.05, 0.1) is 12.5 Å². The van der Waals surface area contributed by atoms with Crippen LogP contribution in [0, 0.1) is 0 Å². The molecule has 0 fully saturated rings. The molecule has 0 bridgehead atoms. The highest BCUT2D eigenvalue weighted by Gasteiger charge is 2.52. The minimum absolute atomic E-state index is 0.0469. The minimum atomic E-state index is -0.350. The molecule has 1 amide bonds. The number of rotatable bonds is 5. The molecule has 0 saturated heterocycles. The third-order valence-electron chi connectivity index (χ3n) is 6.41. The average Bonchev–Trinajstić information content (AvgIpc) is 3.02. The number of ether oxygens (including phenoxy) is 3. The van der Waals surface area contributed by atoms with Crippen molar-refractivity contribution in [3.63, 3.8) is 0 Å². The number of hydrogen-bond donors (Lipinski definition) is 1. The maximum absolute atomic E-state index is 12.1. The van der Waals surface area contributed by atoms with Gasteiger partial charge in [0.15, 0.2) is 11.5 Å². The number of benzene rings is 1. The molecule has 0 radical (unpaired) electrons. The molecule has 2 aliphatic heterocycles. The normalized spacial score (nSPS) is 27.8. The molecule has 0 aromatic heterocycles. The van der Waals surface area contributed by atoms with E-state index in [1.165, 1.54) is 11.1 Å². The van der Waals surface area contributed by atoms with Crippen LogP contribution in [-0.4, -0.2) is 50.4 Å². The summed E-state index contributed by atoms with van der Waals surface area (Å²) in [4.78, 5) is 14.5. The van der Waals surface area contributed by atoms with E-state index in [2.05, 4.69) is 42.4 Å². The molecule has 1 aromatic rings. The summed E-state index contributed by atoms with van der Waals surface area (Å²) in [7, 11) is 3.85. The Morgan fingerprint density at radius 2 is 2.28 bits per heavy atom. The maximum Gasteiger partial charge on any atom is 0.407 e. The molecule has 0 unspecified atom stereocenters. The van der Waals surface area contributed by atoms with Crippen molar-refractivity contribution >= 4 is 6.09 Å². The van der Waals surface area contributed by atoms with Crippen LogP contribution in [0.15, 0.2) is 24.3 Å². The van der Waals surface area contributed by atoms with Crippen molar-refractivity contribution in [2.75, 3.05) is 27.2 Å². The molecule has 4 rings (SSSR count). The highest BCUT2D eigenvalue weighted by Crippen LogP contribution is 2.55. The summed E-state index contributed by atoms with van der Waals surface area (Å²) in [6.07, 6.45) is 8.40. The largest absolute Gasteiger partial charge is 0.493 e. The first-order valence-corrected chi connectivity index (χ1v) is 10.8. The van der Waals surface area contributed by atoms with Crippen molar-refractivity contribution in [3.8, 4) is 11.5 Å². The molecule has 1 N–H and O–H groups in total. The average molecular weight is 401 g/mol. The third kappa shape index (κ3) is 3.70. The number of unbranched alkanes of at least 4 members (excludes halogenated alkanes) is 1. The molecular formula is C23H32N2O4. The van der Waals surface area contributed by atoms with Gasteiger partial charge in [-0.05, 0) is 50.6 Å². The zero-order valence-electron chi connectivity index (χ0n) is 17.7. The van der Waals surface area contributed by atoms with Crippen molar-refractivity contribution in [1.82, 2.24) is 10.2 Å². The zero-order chi connectivity index (χ0) is 20.4. The monoisotopic (exact) mass is 400 g/mol. The fourth-order valence-corrected chi connectivity index (χ4v) is 4.96. The quantitative estimate of drug-likeness (QED) is 0.602. The van der Waals surface area contributed by atoms with Crippen molar-refractivity contribution < 1.29 is 19.0 Å². The van der Waals surface area contributed by atoms with E-state index < -0.39 is 0 Å². The Morgan fingerprint density at radius 1 is 1.41 bits per heavy atom. The number of amides is 1. The van der Waals surface area contributed by atoms with Crippen molar-refractivity contribution in [2.45, 2.75) is 63.2 Å². The SMILES string of the molecule is CCCCNC(=O)O[C@H]1C=C[C@@]23CCCN(C)Cc4ccc(OC)c(c42)O[C@H]3C1. The molecule has 3 atom stereocenters. The fraction of sp³-hybridized carbons (Fsp3) is 0.609. The molecule has 29 heavy (non-hydrogen) atoms. The van der Waals surface area contributed by atoms with Crippen molar-refractivity contribution in [2.24, 2.45) is 0 Å². The first-order chi connectivity index (χ1) is 14.1. The predicted molar refractivity (Wildman–Crippen MR) is 112 cm³/mol. The second-order valence-electron chi connectivity index (χ2n) is 8.44. The molecule has 1 spiro atoms.